The maximum Gasteiger partial charge on any atom is 0.0395 e. The molecule has 0 fully saturated rings. The number of hydrogen-bond acceptors (Lipinski definition) is 3. The van der Waals surface area contributed by atoms with Crippen molar-refractivity contribution in [1.82, 2.24) is 0 Å². The van der Waals surface area contributed by atoms with Gasteiger partial charge in [-0.15, -0.1) is 6.58 Å². The quantitative estimate of drug-likeness (QED) is 0.248. The first-order valence-electron chi connectivity index (χ1n) is 1.51. The van der Waals surface area contributed by atoms with Gasteiger partial charge in [0.25, 0.3) is 0 Å². The minimum atomic E-state index is 0.747. The van der Waals surface area contributed by atoms with E-state index in [0.29, 0.717) is 0 Å². The lowest BCUT2D eigenvalue weighted by Gasteiger charge is -1.83. The summed E-state index contributed by atoms with van der Waals surface area (Å²) in [5.41, 5.74) is 0. The average Bonchev–Trinajstić information content (AvgIpc) is 1.61. The first-order chi connectivity index (χ1) is 2.91. The molecule has 2 nitrogen and oxygen atoms in total. The molecule has 0 aliphatic carbocycles. The topological polar surface area (TPSA) is 35.2 Å². The molecule has 0 atom stereocenters. The molecule has 0 saturated heterocycles. The van der Waals surface area contributed by atoms with Crippen LogP contribution in [0.3, 0.4) is 0 Å². The molecule has 0 aromatic rings. The molecule has 0 saturated carbocycles. The van der Waals surface area contributed by atoms with Crippen molar-refractivity contribution in [3.8, 4) is 0 Å². The van der Waals surface area contributed by atoms with E-state index in [0.717, 1.165) is 5.75 Å². The van der Waals surface area contributed by atoms with Gasteiger partial charge in [-0.2, -0.15) is 0 Å². The molecule has 0 radical (unpaired) electrons. The Labute approximate surface area is 41.5 Å². The van der Waals surface area contributed by atoms with E-state index in [1.807, 2.05) is 0 Å². The fraction of sp³-hybridized carbons (Fsp3) is 0.333. The third-order valence-corrected chi connectivity index (χ3v) is 0.762. The highest BCUT2D eigenvalue weighted by Gasteiger charge is 1.71. The van der Waals surface area contributed by atoms with Crippen molar-refractivity contribution in [3.63, 3.8) is 0 Å². The molecule has 0 aromatic carbocycles. The third-order valence-electron chi connectivity index (χ3n) is 0.254. The highest BCUT2D eigenvalue weighted by Crippen LogP contribution is 1.93. The van der Waals surface area contributed by atoms with Crippen molar-refractivity contribution in [1.29, 1.82) is 0 Å². The summed E-state index contributed by atoms with van der Waals surface area (Å²) < 4.78 is 4.13. The number of hydrogen-bond donors (Lipinski definition) is 1. The monoisotopic (exact) mass is 105 g/mol. The van der Waals surface area contributed by atoms with Crippen molar-refractivity contribution in [2.75, 3.05) is 5.75 Å². The van der Waals surface area contributed by atoms with Gasteiger partial charge in [0, 0.05) is 17.8 Å². The lowest BCUT2D eigenvalue weighted by molar-refractivity contribution is 0.399. The van der Waals surface area contributed by atoms with Gasteiger partial charge < -0.3 is 0 Å². The van der Waals surface area contributed by atoms with E-state index in [1.54, 1.807) is 6.08 Å². The predicted octanol–water partition coefficient (Wildman–Crippen LogP) is 0.711. The van der Waals surface area contributed by atoms with Crippen LogP contribution in [0.25, 0.3) is 0 Å². The van der Waals surface area contributed by atoms with Gasteiger partial charge in [0.1, 0.15) is 0 Å². The first-order valence-corrected chi connectivity index (χ1v) is 2.42. The van der Waals surface area contributed by atoms with Gasteiger partial charge in [0.15, 0.2) is 0 Å². The van der Waals surface area contributed by atoms with E-state index in [1.165, 1.54) is 12.0 Å². The fourth-order valence-corrected chi connectivity index (χ4v) is 0.262. The van der Waals surface area contributed by atoms with Crippen molar-refractivity contribution >= 4 is 12.0 Å². The normalized spacial score (nSPS) is 8.17. The molecule has 0 amide bonds. The van der Waals surface area contributed by atoms with Gasteiger partial charge in [-0.25, -0.2) is 10.2 Å². The minimum absolute atomic E-state index is 0.747. The van der Waals surface area contributed by atoms with Crippen LogP contribution >= 0.6 is 12.0 Å². The van der Waals surface area contributed by atoms with Crippen molar-refractivity contribution < 1.29 is 4.28 Å². The third kappa shape index (κ3) is 4.01. The van der Waals surface area contributed by atoms with E-state index < -0.39 is 0 Å². The molecule has 2 N–H and O–H groups in total. The molecular weight excluding hydrogens is 98.1 g/mol. The van der Waals surface area contributed by atoms with E-state index in [2.05, 4.69) is 16.8 Å². The van der Waals surface area contributed by atoms with Gasteiger partial charge in [-0.05, 0) is 0 Å². The van der Waals surface area contributed by atoms with E-state index >= 15 is 0 Å². The summed E-state index contributed by atoms with van der Waals surface area (Å²) in [6.07, 6.45) is 1.72. The zero-order valence-corrected chi connectivity index (χ0v) is 4.20. The van der Waals surface area contributed by atoms with E-state index in [9.17, 15) is 0 Å². The molecule has 0 aliphatic heterocycles. The summed E-state index contributed by atoms with van der Waals surface area (Å²) in [6, 6.07) is 0. The Morgan fingerprint density at radius 2 is 2.67 bits per heavy atom. The molecule has 0 heterocycles. The summed E-state index contributed by atoms with van der Waals surface area (Å²) in [7, 11) is 0. The van der Waals surface area contributed by atoms with Crippen LogP contribution in [0.5, 0.6) is 0 Å². The van der Waals surface area contributed by atoms with Gasteiger partial charge in [0.05, 0.1) is 0 Å². The second-order valence-electron chi connectivity index (χ2n) is 0.669. The Hall–Kier alpha value is 0.01000. The van der Waals surface area contributed by atoms with Crippen molar-refractivity contribution in [3.05, 3.63) is 12.7 Å². The lowest BCUT2D eigenvalue weighted by Crippen LogP contribution is -1.87. The molecule has 0 bridgehead atoms. The Balaban J connectivity index is 2.49. The van der Waals surface area contributed by atoms with Gasteiger partial charge in [-0.3, -0.25) is 0 Å². The highest BCUT2D eigenvalue weighted by molar-refractivity contribution is 7.94. The molecular formula is C3H7NOS. The summed E-state index contributed by atoms with van der Waals surface area (Å²) in [5, 5.41) is 0. The van der Waals surface area contributed by atoms with E-state index in [4.69, 9.17) is 0 Å². The van der Waals surface area contributed by atoms with Crippen molar-refractivity contribution in [2.45, 2.75) is 0 Å². The second-order valence-corrected chi connectivity index (χ2v) is 1.43. The smallest absolute Gasteiger partial charge is 0.0395 e. The summed E-state index contributed by atoms with van der Waals surface area (Å²) >= 11 is 1.17. The van der Waals surface area contributed by atoms with Gasteiger partial charge in [0.2, 0.25) is 0 Å². The zero-order valence-electron chi connectivity index (χ0n) is 3.39. The molecule has 36 valence electrons. The maximum absolute atomic E-state index is 4.63. The minimum Gasteiger partial charge on any atom is -0.234 e. The van der Waals surface area contributed by atoms with E-state index in [-0.39, 0.29) is 0 Å². The molecule has 0 aliphatic rings. The average molecular weight is 105 g/mol. The van der Waals surface area contributed by atoms with Crippen LogP contribution in [0.1, 0.15) is 0 Å². The Bertz CT molecular complexity index is 39.8. The molecule has 3 heteroatoms. The zero-order chi connectivity index (χ0) is 4.83. The van der Waals surface area contributed by atoms with Crippen LogP contribution in [-0.4, -0.2) is 5.75 Å². The largest absolute Gasteiger partial charge is 0.234 e. The molecule has 0 aromatic heterocycles. The molecule has 0 rings (SSSR count). The molecule has 0 spiro atoms. The van der Waals surface area contributed by atoms with Crippen LogP contribution < -0.4 is 5.90 Å². The van der Waals surface area contributed by atoms with Crippen LogP contribution in [0.2, 0.25) is 0 Å². The fourth-order valence-electron chi connectivity index (χ4n) is 0.0874. The van der Waals surface area contributed by atoms with Crippen LogP contribution in [0.4, 0.5) is 0 Å². The van der Waals surface area contributed by atoms with Gasteiger partial charge in [-0.1, -0.05) is 6.08 Å². The van der Waals surface area contributed by atoms with Gasteiger partial charge >= 0.3 is 0 Å². The molecule has 6 heavy (non-hydrogen) atoms. The SMILES string of the molecule is C=CCSON. The van der Waals surface area contributed by atoms with Crippen LogP contribution in [-0.2, 0) is 4.28 Å². The van der Waals surface area contributed by atoms with Crippen molar-refractivity contribution in [2.24, 2.45) is 5.90 Å². The summed E-state index contributed by atoms with van der Waals surface area (Å²) in [4.78, 5) is 0. The number of nitrogens with two attached hydrogens (primary N) is 1. The van der Waals surface area contributed by atoms with Crippen LogP contribution in [0, 0.1) is 0 Å². The maximum atomic E-state index is 4.63. The lowest BCUT2D eigenvalue weighted by atomic mass is 10.8. The highest BCUT2D eigenvalue weighted by atomic mass is 32.2. The Kier molecular flexibility index (Phi) is 5.02. The summed E-state index contributed by atoms with van der Waals surface area (Å²) in [5.74, 6) is 5.38. The Morgan fingerprint density at radius 1 is 2.00 bits per heavy atom. The Morgan fingerprint density at radius 3 is 2.83 bits per heavy atom. The molecule has 0 unspecified atom stereocenters. The predicted molar refractivity (Wildman–Crippen MR) is 27.9 cm³/mol. The number of rotatable bonds is 3. The second kappa shape index (κ2) is 5.01. The summed E-state index contributed by atoms with van der Waals surface area (Å²) in [6.45, 7) is 3.44. The van der Waals surface area contributed by atoms with Crippen LogP contribution in [0.15, 0.2) is 12.7 Å². The standard InChI is InChI=1S/C3H7NOS/c1-2-3-6-5-4/h2H,1,3-4H2. The first kappa shape index (κ1) is 6.01.